The van der Waals surface area contributed by atoms with Crippen LogP contribution in [0.4, 0.5) is 28.4 Å². The average Bonchev–Trinajstić information content (AvgIpc) is 2.95. The first kappa shape index (κ1) is 29.2. The van der Waals surface area contributed by atoms with Gasteiger partial charge in [-0.3, -0.25) is 4.99 Å². The van der Waals surface area contributed by atoms with E-state index in [1.54, 1.807) is 73.7 Å². The summed E-state index contributed by atoms with van der Waals surface area (Å²) in [6.45, 7) is 5.46. The van der Waals surface area contributed by atoms with Crippen molar-refractivity contribution in [2.75, 3.05) is 33.2 Å². The molecule has 0 radical (unpaired) electrons. The first-order valence-corrected chi connectivity index (χ1v) is 15.5. The molecule has 0 fully saturated rings. The molecule has 0 bridgehead atoms. The zero-order valence-corrected chi connectivity index (χ0v) is 24.6. The van der Waals surface area contributed by atoms with Crippen molar-refractivity contribution >= 4 is 47.1 Å². The molecule has 1 unspecified atom stereocenters. The third-order valence-electron chi connectivity index (χ3n) is 6.17. The standard InChI is InChI=1S/C30H30IN6O4/c1-16-12-21(15-25(34)27(16)35)40-29(38)18-6-4-17(5-7-18)28(36-3)37-20-10-8-19(9-11-20)30(39)41-22-13-23(32)26(31-2)24(33)14-22/h4-15,28,37H,3,32-35H2,1-2H3/q-1. The normalized spacial score (nSPS) is 11.5. The molecule has 0 spiro atoms. The quantitative estimate of drug-likeness (QED) is 0.0442. The van der Waals surface area contributed by atoms with E-state index in [4.69, 9.17) is 32.4 Å². The summed E-state index contributed by atoms with van der Waals surface area (Å²) in [5.74, 6) is -0.463. The molecule has 11 heteroatoms. The molecule has 10 nitrogen and oxygen atoms in total. The van der Waals surface area contributed by atoms with E-state index in [1.165, 1.54) is 6.07 Å². The molecule has 0 aliphatic carbocycles. The smallest absolute Gasteiger partial charge is 0.343 e. The van der Waals surface area contributed by atoms with Crippen LogP contribution in [0.15, 0.2) is 77.8 Å². The Bertz CT molecular complexity index is 1560. The second kappa shape index (κ2) is 12.6. The number of nitrogens with zero attached hydrogens (tertiary/aromatic N) is 1. The summed E-state index contributed by atoms with van der Waals surface area (Å²) in [6.07, 6.45) is -0.511. The zero-order chi connectivity index (χ0) is 29.7. The van der Waals surface area contributed by atoms with Crippen molar-refractivity contribution in [2.24, 2.45) is 4.99 Å². The van der Waals surface area contributed by atoms with Crippen LogP contribution >= 0.6 is 0 Å². The summed E-state index contributed by atoms with van der Waals surface area (Å²) in [7, 11) is 0. The monoisotopic (exact) mass is 665 g/mol. The number of anilines is 5. The van der Waals surface area contributed by atoms with Gasteiger partial charge in [-0.25, -0.2) is 4.79 Å². The van der Waals surface area contributed by atoms with Crippen LogP contribution in [0.2, 0.25) is 0 Å². The number of hydrogen-bond donors (Lipinski definition) is 5. The van der Waals surface area contributed by atoms with Gasteiger partial charge in [0.15, 0.2) is 0 Å². The van der Waals surface area contributed by atoms with Crippen LogP contribution in [0.5, 0.6) is 11.5 Å². The largest absolute Gasteiger partial charge is 0.423 e. The third kappa shape index (κ3) is 6.87. The predicted molar refractivity (Wildman–Crippen MR) is 159 cm³/mol. The number of aryl methyl sites for hydroxylation is 1. The molecule has 4 aromatic rings. The number of esters is 2. The maximum atomic E-state index is 12.7. The van der Waals surface area contributed by atoms with Crippen molar-refractivity contribution in [1.29, 1.82) is 0 Å². The number of rotatable bonds is 9. The van der Waals surface area contributed by atoms with Crippen LogP contribution in [0, 0.1) is 10.5 Å². The number of halogens is 1. The Morgan fingerprint density at radius 2 is 1.29 bits per heavy atom. The minimum Gasteiger partial charge on any atom is -0.423 e. The van der Waals surface area contributed by atoms with E-state index in [-0.39, 0.29) is 21.2 Å². The Morgan fingerprint density at radius 1 is 0.805 bits per heavy atom. The summed E-state index contributed by atoms with van der Waals surface area (Å²) in [5, 5.41) is 3.24. The second-order valence-corrected chi connectivity index (χ2v) is 11.2. The fourth-order valence-corrected chi connectivity index (χ4v) is 5.55. The minimum atomic E-state index is -0.535. The Labute approximate surface area is 248 Å². The Morgan fingerprint density at radius 3 is 1.78 bits per heavy atom. The van der Waals surface area contributed by atoms with E-state index in [0.29, 0.717) is 51.1 Å². The topological polar surface area (TPSA) is 181 Å². The number of benzene rings is 4. The van der Waals surface area contributed by atoms with Crippen molar-refractivity contribution in [1.82, 2.24) is 0 Å². The first-order chi connectivity index (χ1) is 19.6. The van der Waals surface area contributed by atoms with E-state index < -0.39 is 18.1 Å². The molecule has 4 aromatic carbocycles. The average molecular weight is 666 g/mol. The molecule has 0 aromatic heterocycles. The number of nitrogen functional groups attached to an aromatic ring is 4. The maximum absolute atomic E-state index is 12.7. The molecule has 9 N–H and O–H groups in total. The van der Waals surface area contributed by atoms with Gasteiger partial charge in [-0.05, 0) is 43.0 Å². The Kier molecular flexibility index (Phi) is 8.97. The van der Waals surface area contributed by atoms with Crippen LogP contribution in [-0.4, -0.2) is 23.6 Å². The summed E-state index contributed by atoms with van der Waals surface area (Å²) < 4.78 is 11.9. The molecular weight excluding hydrogens is 635 g/mol. The van der Waals surface area contributed by atoms with Gasteiger partial charge in [-0.15, -0.1) is 0 Å². The number of hydrogen-bond acceptors (Lipinski definition) is 10. The zero-order valence-electron chi connectivity index (χ0n) is 22.5. The predicted octanol–water partition coefficient (Wildman–Crippen LogP) is 1.46. The maximum Gasteiger partial charge on any atom is 0.343 e. The van der Waals surface area contributed by atoms with Gasteiger partial charge in [-0.1, -0.05) is 12.1 Å². The fraction of sp³-hybridized carbons (Fsp3) is 0.100. The Hall–Kier alpha value is -4.78. The van der Waals surface area contributed by atoms with Crippen molar-refractivity contribution < 1.29 is 40.3 Å². The van der Waals surface area contributed by atoms with E-state index in [9.17, 15) is 9.59 Å². The third-order valence-corrected chi connectivity index (χ3v) is 8.50. The van der Waals surface area contributed by atoms with Gasteiger partial charge in [-0.2, -0.15) is 0 Å². The van der Waals surface area contributed by atoms with Gasteiger partial charge in [0.25, 0.3) is 0 Å². The summed E-state index contributed by atoms with van der Waals surface area (Å²) in [5.41, 5.74) is 28.6. The summed E-state index contributed by atoms with van der Waals surface area (Å²) in [6, 6.07) is 19.9. The van der Waals surface area contributed by atoms with Gasteiger partial charge < -0.3 is 16.2 Å². The molecular formula is C30H30IN6O4-. The van der Waals surface area contributed by atoms with Crippen molar-refractivity contribution in [3.63, 3.8) is 0 Å². The van der Waals surface area contributed by atoms with Gasteiger partial charge in [0.1, 0.15) is 5.75 Å². The van der Waals surface area contributed by atoms with E-state index in [1.807, 2.05) is 0 Å². The SMILES string of the molecule is C=NC(Nc1ccc(C(=O)Oc2cc(N)c([I-]C)c(N)c2)cc1)c1ccc(C(=O)Oc2cc(C)c(N)c(N)c2)cc1. The molecule has 0 aliphatic rings. The van der Waals surface area contributed by atoms with Gasteiger partial charge in [0.05, 0.1) is 16.9 Å². The van der Waals surface area contributed by atoms with Gasteiger partial charge >= 0.3 is 139 Å². The van der Waals surface area contributed by atoms with E-state index in [0.717, 1.165) is 14.7 Å². The molecule has 0 amide bonds. The van der Waals surface area contributed by atoms with Crippen LogP contribution < -0.4 is 58.9 Å². The number of alkyl halides is 1. The second-order valence-electron chi connectivity index (χ2n) is 9.06. The number of aliphatic imine (C=N–C) groups is 1. The number of ether oxygens (including phenoxy) is 2. The van der Waals surface area contributed by atoms with Crippen LogP contribution in [-0.2, 0) is 0 Å². The first-order valence-electron chi connectivity index (χ1n) is 12.3. The molecule has 4 rings (SSSR count). The molecule has 0 aliphatic heterocycles. The van der Waals surface area contributed by atoms with Crippen LogP contribution in [0.3, 0.4) is 0 Å². The molecule has 0 saturated heterocycles. The number of nitrogens with two attached hydrogens (primary N) is 4. The van der Waals surface area contributed by atoms with Crippen LogP contribution in [0.1, 0.15) is 38.0 Å². The molecule has 0 heterocycles. The van der Waals surface area contributed by atoms with Crippen molar-refractivity contribution in [3.8, 4) is 11.5 Å². The summed E-state index contributed by atoms with van der Waals surface area (Å²) in [4.78, 5) is 31.5. The van der Waals surface area contributed by atoms with Crippen LogP contribution in [0.25, 0.3) is 0 Å². The molecule has 212 valence electrons. The minimum absolute atomic E-state index is 0.296. The van der Waals surface area contributed by atoms with Gasteiger partial charge in [0, 0.05) is 6.07 Å². The number of carbonyl (C=O) groups is 2. The van der Waals surface area contributed by atoms with E-state index >= 15 is 0 Å². The van der Waals surface area contributed by atoms with Crippen molar-refractivity contribution in [3.05, 3.63) is 98.6 Å². The number of nitrogens with one attached hydrogen (secondary N) is 1. The molecule has 41 heavy (non-hydrogen) atoms. The Balaban J connectivity index is 1.39. The fourth-order valence-electron chi connectivity index (χ4n) is 4.00. The van der Waals surface area contributed by atoms with Crippen molar-refractivity contribution in [2.45, 2.75) is 13.1 Å². The van der Waals surface area contributed by atoms with E-state index in [2.05, 4.69) is 22.0 Å². The molecule has 1 atom stereocenters. The molecule has 0 saturated carbocycles. The van der Waals surface area contributed by atoms with Gasteiger partial charge in [0.2, 0.25) is 0 Å². The summed E-state index contributed by atoms with van der Waals surface area (Å²) >= 11 is -0.298. The number of carbonyl (C=O) groups excluding carboxylic acids is 2.